The van der Waals surface area contributed by atoms with Crippen molar-refractivity contribution >= 4 is 33.6 Å². The summed E-state index contributed by atoms with van der Waals surface area (Å²) in [6.45, 7) is 3.49. The summed E-state index contributed by atoms with van der Waals surface area (Å²) in [7, 11) is -3.48. The third-order valence-corrected chi connectivity index (χ3v) is 5.00. The molecule has 0 saturated heterocycles. The van der Waals surface area contributed by atoms with Gasteiger partial charge in [-0.05, 0) is 24.5 Å². The number of carboxylic acids is 1. The summed E-state index contributed by atoms with van der Waals surface area (Å²) < 4.78 is 26.5. The van der Waals surface area contributed by atoms with Gasteiger partial charge in [0, 0.05) is 12.7 Å². The van der Waals surface area contributed by atoms with Crippen LogP contribution in [-0.2, 0) is 24.4 Å². The Morgan fingerprint density at radius 2 is 2.00 bits per heavy atom. The maximum atomic E-state index is 12.2. The molecule has 0 spiro atoms. The fraction of sp³-hybridized carbons (Fsp3) is 0.500. The lowest BCUT2D eigenvalue weighted by Gasteiger charge is -2.26. The number of aliphatic carboxylic acids is 1. The first kappa shape index (κ1) is 20.6. The van der Waals surface area contributed by atoms with E-state index >= 15 is 0 Å². The number of fused-ring (bicyclic) bond motifs is 1. The van der Waals surface area contributed by atoms with Crippen molar-refractivity contribution in [2.24, 2.45) is 10.3 Å². The maximum absolute atomic E-state index is 12.2. The number of carbonyl (C=O) groups excluding carboxylic acids is 2. The molecule has 27 heavy (non-hydrogen) atoms. The zero-order chi connectivity index (χ0) is 20.2. The zero-order valence-corrected chi connectivity index (χ0v) is 15.8. The second-order valence-electron chi connectivity index (χ2n) is 6.62. The van der Waals surface area contributed by atoms with E-state index in [1.54, 1.807) is 4.90 Å². The van der Waals surface area contributed by atoms with Crippen LogP contribution in [0.2, 0.25) is 0 Å². The molecule has 10 nitrogen and oxygen atoms in total. The number of carboxylic acid groups (broad SMARTS) is 1. The van der Waals surface area contributed by atoms with Gasteiger partial charge in [-0.15, -0.1) is 4.40 Å². The number of hydrogen-bond acceptors (Lipinski definition) is 6. The first-order chi connectivity index (χ1) is 12.6. The minimum Gasteiger partial charge on any atom is -0.480 e. The fourth-order valence-corrected chi connectivity index (χ4v) is 3.51. The van der Waals surface area contributed by atoms with Gasteiger partial charge in [0.2, 0.25) is 5.91 Å². The van der Waals surface area contributed by atoms with Crippen LogP contribution in [0.4, 0.5) is 0 Å². The van der Waals surface area contributed by atoms with Gasteiger partial charge in [-0.1, -0.05) is 13.8 Å². The van der Waals surface area contributed by atoms with E-state index in [1.165, 1.54) is 18.4 Å². The monoisotopic (exact) mass is 398 g/mol. The molecule has 0 unspecified atom stereocenters. The van der Waals surface area contributed by atoms with E-state index in [0.29, 0.717) is 0 Å². The van der Waals surface area contributed by atoms with Crippen molar-refractivity contribution in [3.8, 4) is 0 Å². The average molecular weight is 398 g/mol. The van der Waals surface area contributed by atoms with E-state index in [4.69, 9.17) is 5.11 Å². The summed E-state index contributed by atoms with van der Waals surface area (Å²) in [5.74, 6) is -2.11. The van der Waals surface area contributed by atoms with Crippen molar-refractivity contribution in [3.05, 3.63) is 23.9 Å². The molecule has 0 saturated carbocycles. The van der Waals surface area contributed by atoms with Gasteiger partial charge in [-0.3, -0.25) is 9.59 Å². The van der Waals surface area contributed by atoms with Crippen LogP contribution in [0.15, 0.2) is 28.3 Å². The Balaban J connectivity index is 1.91. The van der Waals surface area contributed by atoms with Crippen molar-refractivity contribution in [2.75, 3.05) is 18.8 Å². The number of sulfonamides is 1. The molecule has 1 atom stereocenters. The Bertz CT molecular complexity index is 828. The molecule has 2 amide bonds. The summed E-state index contributed by atoms with van der Waals surface area (Å²) in [4.78, 5) is 36.8. The summed E-state index contributed by atoms with van der Waals surface area (Å²) in [6.07, 6.45) is 4.56. The van der Waals surface area contributed by atoms with E-state index in [-0.39, 0.29) is 42.6 Å². The number of amidine groups is 1. The number of amides is 2. The Morgan fingerprint density at radius 1 is 1.30 bits per heavy atom. The van der Waals surface area contributed by atoms with E-state index in [2.05, 4.69) is 15.0 Å². The fourth-order valence-electron chi connectivity index (χ4n) is 2.54. The molecule has 0 radical (unpaired) electrons. The van der Waals surface area contributed by atoms with Crippen molar-refractivity contribution in [1.29, 1.82) is 0 Å². The van der Waals surface area contributed by atoms with Crippen LogP contribution in [0.5, 0.6) is 0 Å². The Morgan fingerprint density at radius 3 is 2.63 bits per heavy atom. The Hall–Kier alpha value is -2.69. The molecule has 2 heterocycles. The van der Waals surface area contributed by atoms with E-state index in [1.807, 2.05) is 13.8 Å². The molecular weight excluding hydrogens is 376 g/mol. The molecule has 0 aromatic carbocycles. The number of hydrogen-bond donors (Lipinski definition) is 3. The highest BCUT2D eigenvalue weighted by Gasteiger charge is 2.25. The number of nitrogens with zero attached hydrogens (tertiary/aromatic N) is 2. The quantitative estimate of drug-likeness (QED) is 0.510. The highest BCUT2D eigenvalue weighted by atomic mass is 32.2. The topological polar surface area (TPSA) is 145 Å². The molecule has 2 rings (SSSR count). The third-order valence-electron chi connectivity index (χ3n) is 3.84. The lowest BCUT2D eigenvalue weighted by Crippen LogP contribution is -2.46. The van der Waals surface area contributed by atoms with E-state index < -0.39 is 33.8 Å². The second-order valence-corrected chi connectivity index (χ2v) is 8.37. The van der Waals surface area contributed by atoms with Gasteiger partial charge in [0.15, 0.2) is 0 Å². The molecule has 0 fully saturated rings. The van der Waals surface area contributed by atoms with Crippen molar-refractivity contribution in [1.82, 2.24) is 15.5 Å². The summed E-state index contributed by atoms with van der Waals surface area (Å²) >= 11 is 0. The highest BCUT2D eigenvalue weighted by molar-refractivity contribution is 7.90. The smallest absolute Gasteiger partial charge is 0.326 e. The van der Waals surface area contributed by atoms with Gasteiger partial charge in [0.05, 0.1) is 17.9 Å². The Labute approximate surface area is 157 Å². The molecule has 2 aliphatic rings. The number of nitrogens with one attached hydrogen (secondary N) is 2. The summed E-state index contributed by atoms with van der Waals surface area (Å²) in [5.41, 5.74) is 0.234. The summed E-state index contributed by atoms with van der Waals surface area (Å²) in [5, 5.41) is 13.9. The van der Waals surface area contributed by atoms with Crippen molar-refractivity contribution in [2.45, 2.75) is 26.3 Å². The van der Waals surface area contributed by atoms with Crippen LogP contribution in [0.25, 0.3) is 0 Å². The molecule has 148 valence electrons. The molecule has 11 heteroatoms. The van der Waals surface area contributed by atoms with Gasteiger partial charge in [-0.2, -0.15) is 0 Å². The van der Waals surface area contributed by atoms with Gasteiger partial charge in [0.1, 0.15) is 11.9 Å². The van der Waals surface area contributed by atoms with E-state index in [9.17, 15) is 22.8 Å². The lowest BCUT2D eigenvalue weighted by molar-refractivity contribution is -0.142. The van der Waals surface area contributed by atoms with E-state index in [0.717, 1.165) is 0 Å². The largest absolute Gasteiger partial charge is 0.480 e. The van der Waals surface area contributed by atoms with Crippen LogP contribution >= 0.6 is 0 Å². The van der Waals surface area contributed by atoms with Gasteiger partial charge in [-0.25, -0.2) is 13.2 Å². The molecule has 0 aromatic rings. The standard InChI is InChI=1S/C16H22N4O6S/c1-10(2)7-12(16(23)24)18-14(21)8-17-15(22)11-3-4-13-19-27(25,26)6-5-20(13)9-11/h3-4,9-10,12H,5-8H2,1-2H3,(H,17,22)(H,18,21)(H,23,24)/t12-/m0/s1. The third kappa shape index (κ3) is 5.91. The molecule has 0 aromatic heterocycles. The number of carbonyl (C=O) groups is 3. The van der Waals surface area contributed by atoms with Crippen LogP contribution < -0.4 is 10.6 Å². The van der Waals surface area contributed by atoms with Gasteiger partial charge >= 0.3 is 5.97 Å². The average Bonchev–Trinajstić information content (AvgIpc) is 2.57. The zero-order valence-electron chi connectivity index (χ0n) is 15.0. The van der Waals surface area contributed by atoms with Gasteiger partial charge in [0.25, 0.3) is 15.9 Å². The predicted octanol–water partition coefficient (Wildman–Crippen LogP) is -0.784. The normalized spacial score (nSPS) is 18.9. The van der Waals surface area contributed by atoms with Gasteiger partial charge < -0.3 is 20.6 Å². The second kappa shape index (κ2) is 8.33. The minimum atomic E-state index is -3.48. The molecule has 0 aliphatic carbocycles. The summed E-state index contributed by atoms with van der Waals surface area (Å²) in [6, 6.07) is -1.02. The number of rotatable bonds is 7. The SMILES string of the molecule is CC(C)C[C@H](NC(=O)CNC(=O)C1=CN2CCS(=O)(=O)N=C2C=C1)C(=O)O. The Kier molecular flexibility index (Phi) is 6.37. The molecule has 3 N–H and O–H groups in total. The first-order valence-corrected chi connectivity index (χ1v) is 9.98. The highest BCUT2D eigenvalue weighted by Crippen LogP contribution is 2.15. The molecule has 0 bridgehead atoms. The maximum Gasteiger partial charge on any atom is 0.326 e. The predicted molar refractivity (Wildman–Crippen MR) is 97.2 cm³/mol. The molecule has 2 aliphatic heterocycles. The first-order valence-electron chi connectivity index (χ1n) is 8.37. The van der Waals surface area contributed by atoms with Crippen LogP contribution in [0.3, 0.4) is 0 Å². The van der Waals surface area contributed by atoms with Crippen molar-refractivity contribution < 1.29 is 27.9 Å². The van der Waals surface area contributed by atoms with Crippen LogP contribution in [-0.4, -0.2) is 66.9 Å². The van der Waals surface area contributed by atoms with Crippen molar-refractivity contribution in [3.63, 3.8) is 0 Å². The lowest BCUT2D eigenvalue weighted by atomic mass is 10.0. The van der Waals surface area contributed by atoms with Crippen LogP contribution in [0, 0.1) is 5.92 Å². The minimum absolute atomic E-state index is 0.0859. The van der Waals surface area contributed by atoms with Crippen LogP contribution in [0.1, 0.15) is 20.3 Å². The molecular formula is C16H22N4O6S.